The molecule has 14 heavy (non-hydrogen) atoms. The van der Waals surface area contributed by atoms with E-state index in [0.29, 0.717) is 19.1 Å². The van der Waals surface area contributed by atoms with Crippen molar-refractivity contribution in [3.63, 3.8) is 0 Å². The van der Waals surface area contributed by atoms with Crippen molar-refractivity contribution in [2.75, 3.05) is 19.0 Å². The second-order valence-corrected chi connectivity index (χ2v) is 4.42. The van der Waals surface area contributed by atoms with Crippen LogP contribution in [0.4, 0.5) is 8.78 Å². The third-order valence-electron chi connectivity index (χ3n) is 3.18. The maximum atomic E-state index is 13.3. The lowest BCUT2D eigenvalue weighted by molar-refractivity contribution is -0.103. The van der Waals surface area contributed by atoms with Crippen molar-refractivity contribution in [1.29, 1.82) is 0 Å². The molecule has 1 nitrogen and oxygen atoms in total. The van der Waals surface area contributed by atoms with Crippen LogP contribution in [-0.2, 0) is 0 Å². The number of nitrogens with zero attached hydrogens (tertiary/aromatic N) is 1. The van der Waals surface area contributed by atoms with Crippen molar-refractivity contribution in [3.8, 4) is 0 Å². The maximum Gasteiger partial charge on any atom is 0.254 e. The van der Waals surface area contributed by atoms with Crippen LogP contribution in [0.2, 0.25) is 0 Å². The number of halogens is 3. The van der Waals surface area contributed by atoms with Gasteiger partial charge in [0.15, 0.2) is 0 Å². The molecule has 0 amide bonds. The second kappa shape index (κ2) is 4.75. The Bertz CT molecular complexity index is 187. The molecule has 0 aromatic rings. The monoisotopic (exact) mass is 225 g/mol. The molecule has 1 aliphatic heterocycles. The SMILES string of the molecule is CCC(C)N1CCC(F)(F)C(CCl)C1. The van der Waals surface area contributed by atoms with Gasteiger partial charge in [-0.2, -0.15) is 0 Å². The summed E-state index contributed by atoms with van der Waals surface area (Å²) in [7, 11) is 0. The summed E-state index contributed by atoms with van der Waals surface area (Å²) in [5.41, 5.74) is 0. The normalized spacial score (nSPS) is 30.2. The Morgan fingerprint density at radius 1 is 1.57 bits per heavy atom. The van der Waals surface area contributed by atoms with Gasteiger partial charge >= 0.3 is 0 Å². The molecule has 0 spiro atoms. The van der Waals surface area contributed by atoms with Crippen LogP contribution >= 0.6 is 11.6 Å². The number of rotatable bonds is 3. The lowest BCUT2D eigenvalue weighted by Gasteiger charge is -2.40. The maximum absolute atomic E-state index is 13.3. The molecule has 0 N–H and O–H groups in total. The highest BCUT2D eigenvalue weighted by atomic mass is 35.5. The average Bonchev–Trinajstić information content (AvgIpc) is 2.16. The quantitative estimate of drug-likeness (QED) is 0.668. The van der Waals surface area contributed by atoms with Gasteiger partial charge in [0, 0.05) is 37.4 Å². The number of hydrogen-bond acceptors (Lipinski definition) is 1. The van der Waals surface area contributed by atoms with Gasteiger partial charge in [0.2, 0.25) is 0 Å². The Labute approximate surface area is 89.4 Å². The third-order valence-corrected chi connectivity index (χ3v) is 3.56. The molecule has 84 valence electrons. The lowest BCUT2D eigenvalue weighted by Crippen LogP contribution is -2.50. The molecule has 0 aromatic heterocycles. The minimum atomic E-state index is -2.56. The molecule has 0 bridgehead atoms. The number of hydrogen-bond donors (Lipinski definition) is 0. The summed E-state index contributed by atoms with van der Waals surface area (Å²) in [6.45, 7) is 5.09. The van der Waals surface area contributed by atoms with Gasteiger partial charge in [0.1, 0.15) is 0 Å². The van der Waals surface area contributed by atoms with E-state index in [1.165, 1.54) is 0 Å². The first kappa shape index (κ1) is 12.2. The first-order valence-corrected chi connectivity index (χ1v) is 5.72. The second-order valence-electron chi connectivity index (χ2n) is 4.11. The lowest BCUT2D eigenvalue weighted by atomic mass is 9.94. The first-order valence-electron chi connectivity index (χ1n) is 5.19. The number of likely N-dealkylation sites (tertiary alicyclic amines) is 1. The predicted octanol–water partition coefficient (Wildman–Crippen LogP) is 2.98. The average molecular weight is 226 g/mol. The summed E-state index contributed by atoms with van der Waals surface area (Å²) in [5.74, 6) is -3.18. The van der Waals surface area contributed by atoms with Gasteiger partial charge in [0.05, 0.1) is 0 Å². The van der Waals surface area contributed by atoms with Gasteiger partial charge in [-0.3, -0.25) is 4.90 Å². The Balaban J connectivity index is 2.57. The Morgan fingerprint density at radius 2 is 2.21 bits per heavy atom. The van der Waals surface area contributed by atoms with Crippen LogP contribution in [0.5, 0.6) is 0 Å². The van der Waals surface area contributed by atoms with E-state index in [0.717, 1.165) is 6.42 Å². The third kappa shape index (κ3) is 2.57. The largest absolute Gasteiger partial charge is 0.300 e. The van der Waals surface area contributed by atoms with Crippen LogP contribution in [0.25, 0.3) is 0 Å². The minimum absolute atomic E-state index is 0.0469. The zero-order chi connectivity index (χ0) is 10.8. The predicted molar refractivity (Wildman–Crippen MR) is 55.1 cm³/mol. The molecule has 1 saturated heterocycles. The Hall–Kier alpha value is 0.110. The molecule has 0 aliphatic carbocycles. The van der Waals surface area contributed by atoms with Crippen LogP contribution in [0.3, 0.4) is 0 Å². The number of piperidine rings is 1. The Kier molecular flexibility index (Phi) is 4.14. The molecule has 2 unspecified atom stereocenters. The standard InChI is InChI=1S/C10H18ClF2N/c1-3-8(2)14-5-4-10(12,13)9(6-11)7-14/h8-9H,3-7H2,1-2H3. The summed E-state index contributed by atoms with van der Waals surface area (Å²) >= 11 is 5.57. The molecule has 0 aromatic carbocycles. The molecule has 0 saturated carbocycles. The smallest absolute Gasteiger partial charge is 0.254 e. The molecule has 1 rings (SSSR count). The highest BCUT2D eigenvalue weighted by Gasteiger charge is 2.43. The van der Waals surface area contributed by atoms with Crippen LogP contribution in [-0.4, -0.2) is 35.8 Å². The van der Waals surface area contributed by atoms with E-state index in [2.05, 4.69) is 18.7 Å². The molecule has 4 heteroatoms. The fourth-order valence-corrected chi connectivity index (χ4v) is 2.15. The van der Waals surface area contributed by atoms with E-state index < -0.39 is 11.8 Å². The zero-order valence-corrected chi connectivity index (χ0v) is 9.53. The van der Waals surface area contributed by atoms with E-state index in [-0.39, 0.29) is 12.3 Å². The molecule has 2 atom stereocenters. The van der Waals surface area contributed by atoms with Crippen molar-refractivity contribution >= 4 is 11.6 Å². The van der Waals surface area contributed by atoms with Crippen LogP contribution < -0.4 is 0 Å². The van der Waals surface area contributed by atoms with Gasteiger partial charge in [-0.1, -0.05) is 6.92 Å². The molecule has 1 fully saturated rings. The fourth-order valence-electron chi connectivity index (χ4n) is 1.82. The van der Waals surface area contributed by atoms with Crippen LogP contribution in [0.1, 0.15) is 26.7 Å². The van der Waals surface area contributed by atoms with Gasteiger partial charge in [-0.05, 0) is 13.3 Å². The van der Waals surface area contributed by atoms with E-state index in [1.54, 1.807) is 0 Å². The summed E-state index contributed by atoms with van der Waals surface area (Å²) < 4.78 is 26.6. The van der Waals surface area contributed by atoms with E-state index in [9.17, 15) is 8.78 Å². The fraction of sp³-hybridized carbons (Fsp3) is 1.00. The zero-order valence-electron chi connectivity index (χ0n) is 8.77. The summed E-state index contributed by atoms with van der Waals surface area (Å²) in [5, 5.41) is 0. The minimum Gasteiger partial charge on any atom is -0.300 e. The topological polar surface area (TPSA) is 3.24 Å². The van der Waals surface area contributed by atoms with Crippen LogP contribution in [0.15, 0.2) is 0 Å². The summed E-state index contributed by atoms with van der Waals surface area (Å²) in [6, 6.07) is 0.386. The van der Waals surface area contributed by atoms with E-state index in [4.69, 9.17) is 11.6 Å². The molecular weight excluding hydrogens is 208 g/mol. The number of alkyl halides is 3. The van der Waals surface area contributed by atoms with Crippen molar-refractivity contribution in [3.05, 3.63) is 0 Å². The van der Waals surface area contributed by atoms with Gasteiger partial charge in [-0.15, -0.1) is 11.6 Å². The van der Waals surface area contributed by atoms with E-state index in [1.807, 2.05) is 0 Å². The van der Waals surface area contributed by atoms with Crippen LogP contribution in [0, 0.1) is 5.92 Å². The highest BCUT2D eigenvalue weighted by molar-refractivity contribution is 6.18. The highest BCUT2D eigenvalue weighted by Crippen LogP contribution is 2.34. The van der Waals surface area contributed by atoms with Crippen molar-refractivity contribution in [1.82, 2.24) is 4.90 Å². The summed E-state index contributed by atoms with van der Waals surface area (Å²) in [6.07, 6.45) is 0.954. The van der Waals surface area contributed by atoms with Crippen molar-refractivity contribution < 1.29 is 8.78 Å². The van der Waals surface area contributed by atoms with Gasteiger partial charge < -0.3 is 0 Å². The Morgan fingerprint density at radius 3 is 2.71 bits per heavy atom. The van der Waals surface area contributed by atoms with Crippen molar-refractivity contribution in [2.24, 2.45) is 5.92 Å². The van der Waals surface area contributed by atoms with Crippen molar-refractivity contribution in [2.45, 2.75) is 38.7 Å². The molecular formula is C10H18ClF2N. The van der Waals surface area contributed by atoms with Gasteiger partial charge in [0.25, 0.3) is 5.92 Å². The molecule has 1 aliphatic rings. The van der Waals surface area contributed by atoms with Gasteiger partial charge in [-0.25, -0.2) is 8.78 Å². The molecule has 0 radical (unpaired) electrons. The molecule has 1 heterocycles. The first-order chi connectivity index (χ1) is 6.51. The summed E-state index contributed by atoms with van der Waals surface area (Å²) in [4.78, 5) is 2.12. The van der Waals surface area contributed by atoms with E-state index >= 15 is 0 Å².